The van der Waals surface area contributed by atoms with Crippen molar-refractivity contribution in [2.24, 2.45) is 0 Å². The van der Waals surface area contributed by atoms with Gasteiger partial charge in [0.25, 0.3) is 0 Å². The molecule has 3 aromatic rings. The summed E-state index contributed by atoms with van der Waals surface area (Å²) in [5.41, 5.74) is 1.16. The summed E-state index contributed by atoms with van der Waals surface area (Å²) in [4.78, 5) is 12.1. The number of aldehydes is 1. The van der Waals surface area contributed by atoms with Gasteiger partial charge in [-0.25, -0.2) is 4.68 Å². The molecule has 0 aliphatic heterocycles. The highest BCUT2D eigenvalue weighted by Gasteiger charge is 2.14. The Balaban J connectivity index is 1.63. The molecule has 0 saturated carbocycles. The molecule has 5 nitrogen and oxygen atoms in total. The first-order valence-corrected chi connectivity index (χ1v) is 7.87. The summed E-state index contributed by atoms with van der Waals surface area (Å²) in [6, 6.07) is 13.6. The number of aryl methyl sites for hydroxylation is 1. The van der Waals surface area contributed by atoms with Crippen LogP contribution in [0.3, 0.4) is 0 Å². The highest BCUT2D eigenvalue weighted by atomic mass is 32.1. The van der Waals surface area contributed by atoms with Crippen molar-refractivity contribution < 1.29 is 9.53 Å². The van der Waals surface area contributed by atoms with Crippen LogP contribution in [0.15, 0.2) is 47.8 Å². The summed E-state index contributed by atoms with van der Waals surface area (Å²) in [5, 5.41) is 9.98. The third-order valence-corrected chi connectivity index (χ3v) is 4.03. The van der Waals surface area contributed by atoms with Crippen LogP contribution in [0.25, 0.3) is 10.6 Å². The van der Waals surface area contributed by atoms with Crippen LogP contribution in [-0.2, 0) is 6.54 Å². The van der Waals surface area contributed by atoms with Gasteiger partial charge >= 0.3 is 0 Å². The third-order valence-electron chi connectivity index (χ3n) is 3.15. The van der Waals surface area contributed by atoms with Crippen molar-refractivity contribution in [1.29, 1.82) is 0 Å². The normalized spacial score (nSPS) is 10.5. The van der Waals surface area contributed by atoms with E-state index in [0.29, 0.717) is 18.8 Å². The van der Waals surface area contributed by atoms with Crippen LogP contribution >= 0.6 is 11.3 Å². The molecule has 0 aliphatic carbocycles. The minimum absolute atomic E-state index is 0.381. The Bertz CT molecular complexity index is 723. The zero-order valence-electron chi connectivity index (χ0n) is 11.9. The monoisotopic (exact) mass is 313 g/mol. The minimum Gasteiger partial charge on any atom is -0.494 e. The van der Waals surface area contributed by atoms with Gasteiger partial charge in [0, 0.05) is 13.0 Å². The lowest BCUT2D eigenvalue weighted by atomic mass is 10.3. The largest absolute Gasteiger partial charge is 0.494 e. The lowest BCUT2D eigenvalue weighted by Gasteiger charge is -2.07. The molecule has 0 fully saturated rings. The second kappa shape index (κ2) is 7.00. The van der Waals surface area contributed by atoms with Crippen LogP contribution in [-0.4, -0.2) is 27.9 Å². The molecule has 0 atom stereocenters. The Morgan fingerprint density at radius 2 is 2.05 bits per heavy atom. The third kappa shape index (κ3) is 3.23. The van der Waals surface area contributed by atoms with E-state index in [9.17, 15) is 4.79 Å². The molecule has 0 spiro atoms. The van der Waals surface area contributed by atoms with Crippen LogP contribution in [0.5, 0.6) is 5.75 Å². The van der Waals surface area contributed by atoms with Crippen molar-refractivity contribution in [3.05, 3.63) is 53.5 Å². The number of aromatic nitrogens is 3. The number of carbonyl (C=O) groups excluding carboxylic acids is 1. The van der Waals surface area contributed by atoms with E-state index < -0.39 is 0 Å². The molecule has 22 heavy (non-hydrogen) atoms. The molecule has 0 radical (unpaired) electrons. The lowest BCUT2D eigenvalue weighted by molar-refractivity contribution is 0.111. The van der Waals surface area contributed by atoms with Gasteiger partial charge in [-0.3, -0.25) is 4.79 Å². The molecular formula is C16H15N3O2S. The number of nitrogens with zero attached hydrogens (tertiary/aromatic N) is 3. The van der Waals surface area contributed by atoms with Crippen molar-refractivity contribution in [3.8, 4) is 16.3 Å². The maximum Gasteiger partial charge on any atom is 0.172 e. The molecule has 2 heterocycles. The molecule has 3 rings (SSSR count). The predicted molar refractivity (Wildman–Crippen MR) is 85.3 cm³/mol. The van der Waals surface area contributed by atoms with Gasteiger partial charge in [-0.1, -0.05) is 29.5 Å². The second-order valence-corrected chi connectivity index (χ2v) is 5.60. The van der Waals surface area contributed by atoms with E-state index in [1.165, 1.54) is 0 Å². The van der Waals surface area contributed by atoms with E-state index in [1.54, 1.807) is 16.0 Å². The number of ether oxygens (including phenoxy) is 1. The maximum atomic E-state index is 11.1. The second-order valence-electron chi connectivity index (χ2n) is 4.66. The highest BCUT2D eigenvalue weighted by molar-refractivity contribution is 7.13. The zero-order chi connectivity index (χ0) is 15.2. The van der Waals surface area contributed by atoms with Gasteiger partial charge in [0.1, 0.15) is 11.4 Å². The first-order valence-electron chi connectivity index (χ1n) is 6.99. The average molecular weight is 313 g/mol. The fraction of sp³-hybridized carbons (Fsp3) is 0.188. The molecule has 0 saturated heterocycles. The Labute approximate surface area is 132 Å². The fourth-order valence-corrected chi connectivity index (χ4v) is 2.93. The van der Waals surface area contributed by atoms with Crippen LogP contribution in [0.4, 0.5) is 0 Å². The first kappa shape index (κ1) is 14.5. The molecule has 6 heteroatoms. The Hall–Kier alpha value is -2.47. The Morgan fingerprint density at radius 1 is 1.18 bits per heavy atom. The first-order chi connectivity index (χ1) is 10.9. The van der Waals surface area contributed by atoms with Crippen LogP contribution in [0.2, 0.25) is 0 Å². The van der Waals surface area contributed by atoms with Gasteiger partial charge in [-0.05, 0) is 23.6 Å². The van der Waals surface area contributed by atoms with Crippen LogP contribution in [0.1, 0.15) is 16.9 Å². The maximum absolute atomic E-state index is 11.1. The summed E-state index contributed by atoms with van der Waals surface area (Å²) >= 11 is 1.57. The van der Waals surface area contributed by atoms with Crippen LogP contribution < -0.4 is 4.74 Å². The van der Waals surface area contributed by atoms with Crippen molar-refractivity contribution in [3.63, 3.8) is 0 Å². The van der Waals surface area contributed by atoms with E-state index in [1.807, 2.05) is 47.8 Å². The van der Waals surface area contributed by atoms with Crippen LogP contribution in [0, 0.1) is 0 Å². The lowest BCUT2D eigenvalue weighted by Crippen LogP contribution is -2.07. The van der Waals surface area contributed by atoms with E-state index in [-0.39, 0.29) is 0 Å². The topological polar surface area (TPSA) is 57.0 Å². The van der Waals surface area contributed by atoms with Crippen molar-refractivity contribution >= 4 is 17.6 Å². The highest BCUT2D eigenvalue weighted by Crippen LogP contribution is 2.26. The smallest absolute Gasteiger partial charge is 0.172 e. The van der Waals surface area contributed by atoms with E-state index in [0.717, 1.165) is 29.0 Å². The molecule has 0 bridgehead atoms. The molecule has 0 amide bonds. The molecule has 1 aromatic carbocycles. The molecule has 112 valence electrons. The zero-order valence-corrected chi connectivity index (χ0v) is 12.7. The fourth-order valence-electron chi connectivity index (χ4n) is 2.15. The standard InChI is InChI=1S/C16H15N3O2S/c20-12-14-16(15-8-4-11-22-15)19(18-17-14)9-5-10-21-13-6-2-1-3-7-13/h1-4,6-8,11-12H,5,9-10H2. The van der Waals surface area contributed by atoms with Crippen molar-refractivity contribution in [1.82, 2.24) is 15.0 Å². The van der Waals surface area contributed by atoms with Gasteiger partial charge in [-0.2, -0.15) is 0 Å². The number of para-hydroxylation sites is 1. The SMILES string of the molecule is O=Cc1nnn(CCCOc2ccccc2)c1-c1cccs1. The summed E-state index contributed by atoms with van der Waals surface area (Å²) < 4.78 is 7.43. The predicted octanol–water partition coefficient (Wildman–Crippen LogP) is 3.29. The van der Waals surface area contributed by atoms with E-state index >= 15 is 0 Å². The number of carbonyl (C=O) groups is 1. The number of thiophene rings is 1. The number of hydrogen-bond donors (Lipinski definition) is 0. The summed E-state index contributed by atoms with van der Waals surface area (Å²) in [5.74, 6) is 0.855. The molecular weight excluding hydrogens is 298 g/mol. The minimum atomic E-state index is 0.381. The number of benzene rings is 1. The van der Waals surface area contributed by atoms with Gasteiger partial charge in [-0.15, -0.1) is 16.4 Å². The molecule has 2 aromatic heterocycles. The number of rotatable bonds is 7. The summed E-state index contributed by atoms with van der Waals surface area (Å²) in [6.45, 7) is 1.24. The molecule has 0 aliphatic rings. The summed E-state index contributed by atoms with van der Waals surface area (Å²) in [6.07, 6.45) is 1.54. The van der Waals surface area contributed by atoms with Crippen molar-refractivity contribution in [2.45, 2.75) is 13.0 Å². The van der Waals surface area contributed by atoms with Gasteiger partial charge in [0.2, 0.25) is 0 Å². The molecule has 0 unspecified atom stereocenters. The Kier molecular flexibility index (Phi) is 4.60. The molecule has 0 N–H and O–H groups in total. The Morgan fingerprint density at radius 3 is 2.77 bits per heavy atom. The van der Waals surface area contributed by atoms with Crippen molar-refractivity contribution in [2.75, 3.05) is 6.61 Å². The van der Waals surface area contributed by atoms with E-state index in [4.69, 9.17) is 4.74 Å². The quantitative estimate of drug-likeness (QED) is 0.496. The van der Waals surface area contributed by atoms with Gasteiger partial charge in [0.05, 0.1) is 11.5 Å². The number of hydrogen-bond acceptors (Lipinski definition) is 5. The van der Waals surface area contributed by atoms with E-state index in [2.05, 4.69) is 10.3 Å². The van der Waals surface area contributed by atoms with Gasteiger partial charge < -0.3 is 4.74 Å². The van der Waals surface area contributed by atoms with Gasteiger partial charge in [0.15, 0.2) is 12.0 Å². The summed E-state index contributed by atoms with van der Waals surface area (Å²) in [7, 11) is 0. The average Bonchev–Trinajstić information content (AvgIpc) is 3.21.